The summed E-state index contributed by atoms with van der Waals surface area (Å²) in [7, 11) is 0. The topological polar surface area (TPSA) is 78.5 Å². The first-order valence-corrected chi connectivity index (χ1v) is 7.51. The Morgan fingerprint density at radius 1 is 1.09 bits per heavy atom. The highest BCUT2D eigenvalue weighted by atomic mass is 16.3. The normalized spacial score (nSPS) is 13.6. The number of aromatic hydroxyl groups is 1. The Morgan fingerprint density at radius 3 is 2.36 bits per heavy atom. The van der Waals surface area contributed by atoms with E-state index in [2.05, 4.69) is 31.3 Å². The molecule has 0 amide bonds. The smallest absolute Gasteiger partial charge is 0.115 e. The van der Waals surface area contributed by atoms with Crippen LogP contribution in [0.1, 0.15) is 29.2 Å². The molecule has 2 rings (SSSR count). The van der Waals surface area contributed by atoms with Crippen molar-refractivity contribution in [1.29, 1.82) is 0 Å². The first kappa shape index (κ1) is 16.3. The van der Waals surface area contributed by atoms with Crippen molar-refractivity contribution in [3.8, 4) is 5.75 Å². The molecule has 0 aromatic heterocycles. The van der Waals surface area contributed by atoms with Crippen molar-refractivity contribution >= 4 is 5.69 Å². The molecule has 2 aromatic carbocycles. The van der Waals surface area contributed by atoms with E-state index in [1.165, 1.54) is 11.1 Å². The summed E-state index contributed by atoms with van der Waals surface area (Å²) < 4.78 is 0. The number of aliphatic hydroxyl groups excluding tert-OH is 1. The number of nitrogens with two attached hydrogens (primary N) is 1. The highest BCUT2D eigenvalue weighted by Crippen LogP contribution is 2.22. The molecule has 118 valence electrons. The van der Waals surface area contributed by atoms with Gasteiger partial charge in [0.15, 0.2) is 0 Å². The lowest BCUT2D eigenvalue weighted by Crippen LogP contribution is -2.30. The van der Waals surface area contributed by atoms with Gasteiger partial charge in [-0.3, -0.25) is 0 Å². The zero-order valence-corrected chi connectivity index (χ0v) is 13.1. The van der Waals surface area contributed by atoms with Gasteiger partial charge in [-0.05, 0) is 49.1 Å². The zero-order valence-electron chi connectivity index (χ0n) is 13.1. The lowest BCUT2D eigenvalue weighted by atomic mass is 10.00. The number of rotatable bonds is 6. The fourth-order valence-electron chi connectivity index (χ4n) is 2.57. The molecule has 0 fully saturated rings. The van der Waals surface area contributed by atoms with E-state index in [0.29, 0.717) is 18.5 Å². The van der Waals surface area contributed by atoms with E-state index in [0.717, 1.165) is 5.69 Å². The molecule has 2 unspecified atom stereocenters. The van der Waals surface area contributed by atoms with Gasteiger partial charge in [0.05, 0.1) is 6.10 Å². The largest absolute Gasteiger partial charge is 0.508 e. The summed E-state index contributed by atoms with van der Waals surface area (Å²) in [5, 5.41) is 23.1. The molecule has 0 aliphatic carbocycles. The summed E-state index contributed by atoms with van der Waals surface area (Å²) in [4.78, 5) is 0. The Kier molecular flexibility index (Phi) is 5.41. The van der Waals surface area contributed by atoms with E-state index in [4.69, 9.17) is 5.73 Å². The maximum Gasteiger partial charge on any atom is 0.115 e. The van der Waals surface area contributed by atoms with Crippen LogP contribution in [0.25, 0.3) is 0 Å². The Bertz CT molecular complexity index is 608. The Hall–Kier alpha value is -2.04. The van der Waals surface area contributed by atoms with Crippen LogP contribution < -0.4 is 11.1 Å². The predicted molar refractivity (Wildman–Crippen MR) is 90.1 cm³/mol. The number of hydrogen-bond acceptors (Lipinski definition) is 4. The van der Waals surface area contributed by atoms with Crippen molar-refractivity contribution in [2.45, 2.75) is 32.4 Å². The van der Waals surface area contributed by atoms with Crippen LogP contribution in [0.5, 0.6) is 5.75 Å². The van der Waals surface area contributed by atoms with E-state index in [1.807, 2.05) is 6.07 Å². The molecule has 0 saturated heterocycles. The number of hydrogen-bond donors (Lipinski definition) is 4. The molecular weight excluding hydrogens is 276 g/mol. The van der Waals surface area contributed by atoms with Crippen molar-refractivity contribution in [2.24, 2.45) is 5.73 Å². The van der Waals surface area contributed by atoms with E-state index < -0.39 is 12.1 Å². The van der Waals surface area contributed by atoms with Gasteiger partial charge in [0.25, 0.3) is 0 Å². The SMILES string of the molecule is Cc1cccc(C)c1NCCC(N)C(O)c1cccc(O)c1. The predicted octanol–water partition coefficient (Wildman–Crippen LogP) is 2.87. The van der Waals surface area contributed by atoms with Crippen LogP contribution in [-0.4, -0.2) is 22.8 Å². The first-order chi connectivity index (χ1) is 10.5. The molecule has 22 heavy (non-hydrogen) atoms. The molecule has 5 N–H and O–H groups in total. The molecule has 4 heteroatoms. The van der Waals surface area contributed by atoms with Crippen LogP contribution in [0.15, 0.2) is 42.5 Å². The number of aryl methyl sites for hydroxylation is 2. The second-order valence-corrected chi connectivity index (χ2v) is 5.69. The van der Waals surface area contributed by atoms with E-state index in [9.17, 15) is 10.2 Å². The van der Waals surface area contributed by atoms with Crippen molar-refractivity contribution < 1.29 is 10.2 Å². The van der Waals surface area contributed by atoms with Crippen molar-refractivity contribution in [1.82, 2.24) is 0 Å². The first-order valence-electron chi connectivity index (χ1n) is 7.51. The third-order valence-electron chi connectivity index (χ3n) is 3.88. The molecular formula is C18H24N2O2. The minimum absolute atomic E-state index is 0.136. The average Bonchev–Trinajstić information content (AvgIpc) is 2.49. The number of aliphatic hydroxyl groups is 1. The third-order valence-corrected chi connectivity index (χ3v) is 3.88. The molecule has 0 radical (unpaired) electrons. The summed E-state index contributed by atoms with van der Waals surface area (Å²) >= 11 is 0. The van der Waals surface area contributed by atoms with E-state index in [1.54, 1.807) is 24.3 Å². The lowest BCUT2D eigenvalue weighted by molar-refractivity contribution is 0.143. The highest BCUT2D eigenvalue weighted by molar-refractivity contribution is 5.56. The molecule has 0 heterocycles. The van der Waals surface area contributed by atoms with Crippen molar-refractivity contribution in [3.05, 3.63) is 59.2 Å². The monoisotopic (exact) mass is 300 g/mol. The van der Waals surface area contributed by atoms with Gasteiger partial charge in [0.2, 0.25) is 0 Å². The molecule has 0 bridgehead atoms. The van der Waals surface area contributed by atoms with Gasteiger partial charge in [0.1, 0.15) is 5.75 Å². The lowest BCUT2D eigenvalue weighted by Gasteiger charge is -2.20. The summed E-state index contributed by atoms with van der Waals surface area (Å²) in [6.45, 7) is 4.82. The third kappa shape index (κ3) is 4.00. The highest BCUT2D eigenvalue weighted by Gasteiger charge is 2.17. The number of para-hydroxylation sites is 1. The van der Waals surface area contributed by atoms with Gasteiger partial charge >= 0.3 is 0 Å². The van der Waals surface area contributed by atoms with Crippen LogP contribution in [0, 0.1) is 13.8 Å². The molecule has 0 saturated carbocycles. The van der Waals surface area contributed by atoms with Gasteiger partial charge in [0, 0.05) is 18.3 Å². The van der Waals surface area contributed by atoms with Crippen molar-refractivity contribution in [3.63, 3.8) is 0 Å². The number of nitrogens with one attached hydrogen (secondary N) is 1. The van der Waals surface area contributed by atoms with E-state index in [-0.39, 0.29) is 5.75 Å². The number of anilines is 1. The average molecular weight is 300 g/mol. The Balaban J connectivity index is 1.91. The zero-order chi connectivity index (χ0) is 16.1. The van der Waals surface area contributed by atoms with Crippen LogP contribution in [0.2, 0.25) is 0 Å². The second-order valence-electron chi connectivity index (χ2n) is 5.69. The molecule has 0 aliphatic rings. The number of phenols is 1. The fraction of sp³-hybridized carbons (Fsp3) is 0.333. The van der Waals surface area contributed by atoms with Gasteiger partial charge in [-0.25, -0.2) is 0 Å². The van der Waals surface area contributed by atoms with Crippen LogP contribution in [0.3, 0.4) is 0 Å². The maximum atomic E-state index is 10.3. The quantitative estimate of drug-likeness (QED) is 0.661. The van der Waals surface area contributed by atoms with Crippen LogP contribution in [0.4, 0.5) is 5.69 Å². The Morgan fingerprint density at radius 2 is 1.73 bits per heavy atom. The molecule has 0 aliphatic heterocycles. The minimum atomic E-state index is -0.785. The van der Waals surface area contributed by atoms with E-state index >= 15 is 0 Å². The maximum absolute atomic E-state index is 10.3. The van der Waals surface area contributed by atoms with Crippen molar-refractivity contribution in [2.75, 3.05) is 11.9 Å². The number of phenolic OH excluding ortho intramolecular Hbond substituents is 1. The summed E-state index contributed by atoms with van der Waals surface area (Å²) in [5.41, 5.74) is 10.2. The summed E-state index contributed by atoms with van der Waals surface area (Å²) in [5.74, 6) is 0.136. The standard InChI is InChI=1S/C18H24N2O2/c1-12-5-3-6-13(2)17(12)20-10-9-16(19)18(22)14-7-4-8-15(21)11-14/h3-8,11,16,18,20-22H,9-10,19H2,1-2H3. The Labute approximate surface area is 131 Å². The molecule has 4 nitrogen and oxygen atoms in total. The minimum Gasteiger partial charge on any atom is -0.508 e. The fourth-order valence-corrected chi connectivity index (χ4v) is 2.57. The van der Waals surface area contributed by atoms with Gasteiger partial charge in [-0.15, -0.1) is 0 Å². The van der Waals surface area contributed by atoms with Gasteiger partial charge < -0.3 is 21.3 Å². The summed E-state index contributed by atoms with van der Waals surface area (Å²) in [6.07, 6.45) is -0.156. The molecule has 0 spiro atoms. The number of benzene rings is 2. The summed E-state index contributed by atoms with van der Waals surface area (Å²) in [6, 6.07) is 12.4. The van der Waals surface area contributed by atoms with Gasteiger partial charge in [-0.2, -0.15) is 0 Å². The molecule has 2 atom stereocenters. The second kappa shape index (κ2) is 7.29. The van der Waals surface area contributed by atoms with Crippen LogP contribution in [-0.2, 0) is 0 Å². The molecule has 2 aromatic rings. The van der Waals surface area contributed by atoms with Crippen LogP contribution >= 0.6 is 0 Å². The van der Waals surface area contributed by atoms with Gasteiger partial charge in [-0.1, -0.05) is 30.3 Å².